The van der Waals surface area contributed by atoms with Crippen LogP contribution in [-0.4, -0.2) is 42.1 Å². The zero-order valence-corrected chi connectivity index (χ0v) is 9.34. The summed E-state index contributed by atoms with van der Waals surface area (Å²) in [6.45, 7) is 4.96. The number of halogens is 1. The van der Waals surface area contributed by atoms with Crippen molar-refractivity contribution < 1.29 is 9.32 Å². The number of carbonyl (C=O) groups is 1. The highest BCUT2D eigenvalue weighted by Gasteiger charge is 2.20. The summed E-state index contributed by atoms with van der Waals surface area (Å²) < 4.78 is 4.86. The molecule has 84 valence electrons. The van der Waals surface area contributed by atoms with Crippen LogP contribution in [0.5, 0.6) is 0 Å². The fraction of sp³-hybridized carbons (Fsp3) is 0.556. The molecule has 0 aliphatic carbocycles. The van der Waals surface area contributed by atoms with E-state index in [4.69, 9.17) is 4.52 Å². The second kappa shape index (κ2) is 5.14. The largest absolute Gasteiger partial charge is 0.361 e. The maximum Gasteiger partial charge on any atom is 0.276 e. The van der Waals surface area contributed by atoms with Gasteiger partial charge in [0.25, 0.3) is 5.91 Å². The summed E-state index contributed by atoms with van der Waals surface area (Å²) in [5.74, 6) is 0.631. The molecule has 1 amide bonds. The Labute approximate surface area is 94.2 Å². The number of nitrogens with one attached hydrogen (secondary N) is 1. The van der Waals surface area contributed by atoms with E-state index in [-0.39, 0.29) is 18.3 Å². The molecule has 0 aromatic carbocycles. The van der Waals surface area contributed by atoms with Crippen LogP contribution in [0.4, 0.5) is 0 Å². The molecule has 1 fully saturated rings. The molecule has 0 bridgehead atoms. The van der Waals surface area contributed by atoms with Crippen molar-refractivity contribution in [3.8, 4) is 0 Å². The third kappa shape index (κ3) is 2.70. The van der Waals surface area contributed by atoms with Gasteiger partial charge in [-0.05, 0) is 6.92 Å². The minimum atomic E-state index is -0.0386. The predicted molar refractivity (Wildman–Crippen MR) is 57.3 cm³/mol. The molecule has 0 radical (unpaired) electrons. The molecule has 15 heavy (non-hydrogen) atoms. The van der Waals surface area contributed by atoms with E-state index in [1.807, 2.05) is 0 Å². The Bertz CT molecular complexity index is 334. The Morgan fingerprint density at radius 3 is 2.73 bits per heavy atom. The maximum absolute atomic E-state index is 11.8. The second-order valence-corrected chi connectivity index (χ2v) is 3.37. The fourth-order valence-corrected chi connectivity index (χ4v) is 1.50. The Balaban J connectivity index is 0.00000112. The van der Waals surface area contributed by atoms with Crippen molar-refractivity contribution in [3.63, 3.8) is 0 Å². The lowest BCUT2D eigenvalue weighted by Crippen LogP contribution is -2.46. The molecule has 1 aromatic heterocycles. The molecule has 1 aliphatic heterocycles. The van der Waals surface area contributed by atoms with Gasteiger partial charge in [0.2, 0.25) is 0 Å². The maximum atomic E-state index is 11.8. The molecule has 5 nitrogen and oxygen atoms in total. The summed E-state index contributed by atoms with van der Waals surface area (Å²) in [6, 6.07) is 1.67. The number of carbonyl (C=O) groups excluding carboxylic acids is 1. The third-order valence-electron chi connectivity index (χ3n) is 2.25. The Kier molecular flexibility index (Phi) is 4.11. The number of hydrogen-bond donors (Lipinski definition) is 1. The van der Waals surface area contributed by atoms with Crippen molar-refractivity contribution in [2.45, 2.75) is 6.92 Å². The topological polar surface area (TPSA) is 58.4 Å². The molecule has 0 atom stereocenters. The van der Waals surface area contributed by atoms with Gasteiger partial charge in [0.05, 0.1) is 0 Å². The zero-order chi connectivity index (χ0) is 9.97. The predicted octanol–water partition coefficient (Wildman–Crippen LogP) is 0.450. The van der Waals surface area contributed by atoms with Gasteiger partial charge < -0.3 is 14.7 Å². The normalized spacial score (nSPS) is 15.9. The van der Waals surface area contributed by atoms with Gasteiger partial charge in [0.15, 0.2) is 5.69 Å². The monoisotopic (exact) mass is 231 g/mol. The molecule has 0 saturated carbocycles. The average Bonchev–Trinajstić information content (AvgIpc) is 2.65. The van der Waals surface area contributed by atoms with Crippen LogP contribution in [0.3, 0.4) is 0 Å². The van der Waals surface area contributed by atoms with E-state index in [9.17, 15) is 4.79 Å². The first-order valence-corrected chi connectivity index (χ1v) is 4.70. The third-order valence-corrected chi connectivity index (χ3v) is 2.25. The lowest BCUT2D eigenvalue weighted by molar-refractivity contribution is 0.0725. The number of aromatic nitrogens is 1. The Morgan fingerprint density at radius 2 is 2.20 bits per heavy atom. The first-order valence-electron chi connectivity index (χ1n) is 4.70. The molecule has 2 heterocycles. The van der Waals surface area contributed by atoms with Crippen LogP contribution < -0.4 is 5.32 Å². The number of aryl methyl sites for hydroxylation is 1. The standard InChI is InChI=1S/C9H13N3O2.ClH/c1-7-6-8(11-14-7)9(13)12-4-2-10-3-5-12;/h6,10H,2-5H2,1H3;1H. The summed E-state index contributed by atoms with van der Waals surface area (Å²) in [4.78, 5) is 13.6. The molecule has 1 saturated heterocycles. The van der Waals surface area contributed by atoms with E-state index in [0.29, 0.717) is 11.5 Å². The van der Waals surface area contributed by atoms with E-state index < -0.39 is 0 Å². The molecule has 0 spiro atoms. The van der Waals surface area contributed by atoms with Gasteiger partial charge >= 0.3 is 0 Å². The second-order valence-electron chi connectivity index (χ2n) is 3.37. The van der Waals surface area contributed by atoms with Crippen molar-refractivity contribution in [2.24, 2.45) is 0 Å². The van der Waals surface area contributed by atoms with Gasteiger partial charge in [0.1, 0.15) is 5.76 Å². The van der Waals surface area contributed by atoms with Gasteiger partial charge in [-0.3, -0.25) is 4.79 Å². The highest BCUT2D eigenvalue weighted by Crippen LogP contribution is 2.06. The zero-order valence-electron chi connectivity index (χ0n) is 8.52. The number of amides is 1. The highest BCUT2D eigenvalue weighted by atomic mass is 35.5. The van der Waals surface area contributed by atoms with Crippen LogP contribution in [0.1, 0.15) is 16.2 Å². The number of hydrogen-bond acceptors (Lipinski definition) is 4. The minimum Gasteiger partial charge on any atom is -0.361 e. The van der Waals surface area contributed by atoms with Crippen LogP contribution in [0, 0.1) is 6.92 Å². The lowest BCUT2D eigenvalue weighted by atomic mass is 10.3. The first kappa shape index (κ1) is 12.0. The van der Waals surface area contributed by atoms with Crippen molar-refractivity contribution >= 4 is 18.3 Å². The number of piperazine rings is 1. The quantitative estimate of drug-likeness (QED) is 0.763. The van der Waals surface area contributed by atoms with Gasteiger partial charge in [-0.1, -0.05) is 5.16 Å². The van der Waals surface area contributed by atoms with Gasteiger partial charge in [0, 0.05) is 32.2 Å². The van der Waals surface area contributed by atoms with Crippen molar-refractivity contribution in [1.82, 2.24) is 15.4 Å². The fourth-order valence-electron chi connectivity index (χ4n) is 1.50. The van der Waals surface area contributed by atoms with Crippen LogP contribution in [0.15, 0.2) is 10.6 Å². The first-order chi connectivity index (χ1) is 6.77. The molecular weight excluding hydrogens is 218 g/mol. The molecular formula is C9H14ClN3O2. The SMILES string of the molecule is Cc1cc(C(=O)N2CCNCC2)no1.Cl. The van der Waals surface area contributed by atoms with Gasteiger partial charge in [-0.2, -0.15) is 0 Å². The van der Waals surface area contributed by atoms with Crippen LogP contribution in [0.2, 0.25) is 0 Å². The number of rotatable bonds is 1. The smallest absolute Gasteiger partial charge is 0.276 e. The van der Waals surface area contributed by atoms with Crippen LogP contribution >= 0.6 is 12.4 Å². The summed E-state index contributed by atoms with van der Waals surface area (Å²) >= 11 is 0. The lowest BCUT2D eigenvalue weighted by Gasteiger charge is -2.26. The molecule has 1 N–H and O–H groups in total. The summed E-state index contributed by atoms with van der Waals surface area (Å²) in [5, 5.41) is 6.89. The molecule has 6 heteroatoms. The van der Waals surface area contributed by atoms with Crippen LogP contribution in [0.25, 0.3) is 0 Å². The summed E-state index contributed by atoms with van der Waals surface area (Å²) in [5.41, 5.74) is 0.407. The minimum absolute atomic E-state index is 0. The van der Waals surface area contributed by atoms with Crippen LogP contribution in [-0.2, 0) is 0 Å². The Hall–Kier alpha value is -1.07. The van der Waals surface area contributed by atoms with Crippen molar-refractivity contribution in [2.75, 3.05) is 26.2 Å². The number of nitrogens with zero attached hydrogens (tertiary/aromatic N) is 2. The molecule has 2 rings (SSSR count). The van der Waals surface area contributed by atoms with E-state index in [0.717, 1.165) is 26.2 Å². The van der Waals surface area contributed by atoms with Gasteiger partial charge in [-0.15, -0.1) is 12.4 Å². The summed E-state index contributed by atoms with van der Waals surface area (Å²) in [6.07, 6.45) is 0. The summed E-state index contributed by atoms with van der Waals surface area (Å²) in [7, 11) is 0. The van der Waals surface area contributed by atoms with Gasteiger partial charge in [-0.25, -0.2) is 0 Å². The van der Waals surface area contributed by atoms with E-state index in [1.54, 1.807) is 17.9 Å². The molecule has 1 aromatic rings. The molecule has 1 aliphatic rings. The Morgan fingerprint density at radius 1 is 1.53 bits per heavy atom. The van der Waals surface area contributed by atoms with Crippen molar-refractivity contribution in [1.29, 1.82) is 0 Å². The van der Waals surface area contributed by atoms with E-state index in [1.165, 1.54) is 0 Å². The highest BCUT2D eigenvalue weighted by molar-refractivity contribution is 5.92. The average molecular weight is 232 g/mol. The van der Waals surface area contributed by atoms with Crippen molar-refractivity contribution in [3.05, 3.63) is 17.5 Å². The van der Waals surface area contributed by atoms with E-state index in [2.05, 4.69) is 10.5 Å². The van der Waals surface area contributed by atoms with E-state index >= 15 is 0 Å². The molecule has 0 unspecified atom stereocenters.